The number of carbonyl (C=O) groups excluding carboxylic acids is 1. The molecule has 6 nitrogen and oxygen atoms in total. The van der Waals surface area contributed by atoms with Crippen molar-refractivity contribution >= 4 is 5.91 Å². The Labute approximate surface area is 124 Å². The van der Waals surface area contributed by atoms with E-state index in [1.807, 2.05) is 12.1 Å². The fourth-order valence-electron chi connectivity index (χ4n) is 3.19. The van der Waals surface area contributed by atoms with Crippen molar-refractivity contribution in [2.45, 2.75) is 37.6 Å². The lowest BCUT2D eigenvalue weighted by atomic mass is 10.1. The summed E-state index contributed by atoms with van der Waals surface area (Å²) < 4.78 is 16.2. The number of likely N-dealkylation sites (tertiary alicyclic amines) is 1. The quantitative estimate of drug-likeness (QED) is 0.785. The van der Waals surface area contributed by atoms with E-state index in [0.717, 1.165) is 31.7 Å². The normalized spacial score (nSPS) is 28.7. The second-order valence-electron chi connectivity index (χ2n) is 5.59. The number of amides is 1. The molecule has 1 aromatic heterocycles. The van der Waals surface area contributed by atoms with E-state index in [1.54, 1.807) is 13.4 Å². The molecule has 2 fully saturated rings. The van der Waals surface area contributed by atoms with E-state index in [9.17, 15) is 4.79 Å². The van der Waals surface area contributed by atoms with Crippen molar-refractivity contribution in [1.29, 1.82) is 0 Å². The number of rotatable bonds is 6. The van der Waals surface area contributed by atoms with E-state index >= 15 is 0 Å². The molecule has 0 aliphatic carbocycles. The predicted octanol–water partition coefficient (Wildman–Crippen LogP) is 0.774. The molecule has 6 heteroatoms. The minimum Gasteiger partial charge on any atom is -0.468 e. The topological polar surface area (TPSA) is 63.9 Å². The number of nitrogens with zero attached hydrogens (tertiary/aromatic N) is 1. The van der Waals surface area contributed by atoms with Gasteiger partial charge in [0.05, 0.1) is 25.5 Å². The maximum atomic E-state index is 12.0. The summed E-state index contributed by atoms with van der Waals surface area (Å²) in [6.07, 6.45) is 3.26. The summed E-state index contributed by atoms with van der Waals surface area (Å²) in [6, 6.07) is 4.20. The van der Waals surface area contributed by atoms with Gasteiger partial charge in [-0.3, -0.25) is 9.69 Å². The van der Waals surface area contributed by atoms with Gasteiger partial charge in [0, 0.05) is 32.7 Å². The van der Waals surface area contributed by atoms with Crippen LogP contribution < -0.4 is 5.32 Å². The van der Waals surface area contributed by atoms with Gasteiger partial charge in [0.25, 0.3) is 0 Å². The first-order chi connectivity index (χ1) is 10.3. The van der Waals surface area contributed by atoms with Crippen molar-refractivity contribution in [2.75, 3.05) is 26.8 Å². The number of ether oxygens (including phenoxy) is 2. The van der Waals surface area contributed by atoms with E-state index in [0.29, 0.717) is 19.2 Å². The van der Waals surface area contributed by atoms with Crippen molar-refractivity contribution in [3.63, 3.8) is 0 Å². The molecule has 1 amide bonds. The molecule has 2 saturated heterocycles. The maximum absolute atomic E-state index is 12.0. The van der Waals surface area contributed by atoms with Crippen molar-refractivity contribution in [3.8, 4) is 0 Å². The van der Waals surface area contributed by atoms with Crippen molar-refractivity contribution < 1.29 is 18.7 Å². The third kappa shape index (κ3) is 3.28. The number of methoxy groups -OCH3 is 1. The van der Waals surface area contributed by atoms with Gasteiger partial charge in [0.15, 0.2) is 0 Å². The zero-order valence-corrected chi connectivity index (χ0v) is 12.3. The fourth-order valence-corrected chi connectivity index (χ4v) is 3.19. The molecule has 0 spiro atoms. The molecule has 2 aliphatic rings. The third-order valence-corrected chi connectivity index (χ3v) is 4.23. The van der Waals surface area contributed by atoms with Crippen LogP contribution in [0.15, 0.2) is 22.8 Å². The fraction of sp³-hybridized carbons (Fsp3) is 0.667. The molecule has 21 heavy (non-hydrogen) atoms. The van der Waals surface area contributed by atoms with E-state index in [4.69, 9.17) is 13.9 Å². The van der Waals surface area contributed by atoms with Crippen LogP contribution in [0, 0.1) is 0 Å². The second-order valence-corrected chi connectivity index (χ2v) is 5.59. The standard InChI is InChI=1S/C15H22N2O4/c1-19-8-5-16-15(18)14-9-12-13(21-14)4-6-17(12)10-11-3-2-7-20-11/h2-3,7,12-14H,4-6,8-10H2,1H3,(H,16,18)/t12-,13-,14+/m1/s1. The van der Waals surface area contributed by atoms with Crippen LogP contribution in [-0.2, 0) is 20.8 Å². The van der Waals surface area contributed by atoms with Gasteiger partial charge in [0.1, 0.15) is 11.9 Å². The lowest BCUT2D eigenvalue weighted by Gasteiger charge is -2.21. The first kappa shape index (κ1) is 14.6. The Morgan fingerprint density at radius 2 is 2.48 bits per heavy atom. The number of hydrogen-bond acceptors (Lipinski definition) is 5. The summed E-state index contributed by atoms with van der Waals surface area (Å²) in [5, 5.41) is 2.85. The largest absolute Gasteiger partial charge is 0.468 e. The molecule has 0 saturated carbocycles. The summed E-state index contributed by atoms with van der Waals surface area (Å²) in [5.74, 6) is 0.933. The van der Waals surface area contributed by atoms with Gasteiger partial charge >= 0.3 is 0 Å². The average Bonchev–Trinajstić information content (AvgIpc) is 3.18. The Bertz CT molecular complexity index is 462. The Morgan fingerprint density at radius 1 is 1.57 bits per heavy atom. The molecule has 1 N–H and O–H groups in total. The molecule has 0 aromatic carbocycles. The second kappa shape index (κ2) is 6.60. The Kier molecular flexibility index (Phi) is 4.57. The van der Waals surface area contributed by atoms with E-state index < -0.39 is 0 Å². The van der Waals surface area contributed by atoms with Crippen LogP contribution in [0.25, 0.3) is 0 Å². The molecule has 1 aromatic rings. The predicted molar refractivity (Wildman–Crippen MR) is 75.7 cm³/mol. The Balaban J connectivity index is 1.52. The van der Waals surface area contributed by atoms with Gasteiger partial charge in [-0.05, 0) is 18.6 Å². The minimum absolute atomic E-state index is 0.0283. The summed E-state index contributed by atoms with van der Waals surface area (Å²) in [6.45, 7) is 2.83. The monoisotopic (exact) mass is 294 g/mol. The number of hydrogen-bond donors (Lipinski definition) is 1. The van der Waals surface area contributed by atoms with Crippen LogP contribution in [0.3, 0.4) is 0 Å². The first-order valence-electron chi connectivity index (χ1n) is 7.46. The summed E-state index contributed by atoms with van der Waals surface area (Å²) in [5.41, 5.74) is 0. The van der Waals surface area contributed by atoms with Crippen LogP contribution in [0.5, 0.6) is 0 Å². The number of furan rings is 1. The van der Waals surface area contributed by atoms with Crippen molar-refractivity contribution in [1.82, 2.24) is 10.2 Å². The number of fused-ring (bicyclic) bond motifs is 1. The first-order valence-corrected chi connectivity index (χ1v) is 7.46. The zero-order chi connectivity index (χ0) is 14.7. The smallest absolute Gasteiger partial charge is 0.249 e. The third-order valence-electron chi connectivity index (χ3n) is 4.23. The van der Waals surface area contributed by atoms with E-state index in [2.05, 4.69) is 10.2 Å². The highest BCUT2D eigenvalue weighted by molar-refractivity contribution is 5.81. The Morgan fingerprint density at radius 3 is 3.24 bits per heavy atom. The Hall–Kier alpha value is -1.37. The lowest BCUT2D eigenvalue weighted by molar-refractivity contribution is -0.132. The van der Waals surface area contributed by atoms with Gasteiger partial charge < -0.3 is 19.2 Å². The van der Waals surface area contributed by atoms with Crippen LogP contribution in [0.4, 0.5) is 0 Å². The van der Waals surface area contributed by atoms with Gasteiger partial charge in [-0.15, -0.1) is 0 Å². The average molecular weight is 294 g/mol. The molecular formula is C15H22N2O4. The highest BCUT2D eigenvalue weighted by Gasteiger charge is 2.45. The van der Waals surface area contributed by atoms with Crippen LogP contribution >= 0.6 is 0 Å². The zero-order valence-electron chi connectivity index (χ0n) is 12.3. The molecule has 0 radical (unpaired) electrons. The maximum Gasteiger partial charge on any atom is 0.249 e. The summed E-state index contributed by atoms with van der Waals surface area (Å²) in [4.78, 5) is 14.4. The van der Waals surface area contributed by atoms with Crippen molar-refractivity contribution in [2.24, 2.45) is 0 Å². The number of nitrogens with one attached hydrogen (secondary N) is 1. The lowest BCUT2D eigenvalue weighted by Crippen LogP contribution is -2.37. The molecule has 2 aliphatic heterocycles. The van der Waals surface area contributed by atoms with Gasteiger partial charge in [0.2, 0.25) is 5.91 Å². The van der Waals surface area contributed by atoms with Crippen molar-refractivity contribution in [3.05, 3.63) is 24.2 Å². The minimum atomic E-state index is -0.337. The molecule has 3 heterocycles. The van der Waals surface area contributed by atoms with Gasteiger partial charge in [-0.2, -0.15) is 0 Å². The van der Waals surface area contributed by atoms with Gasteiger partial charge in [-0.25, -0.2) is 0 Å². The molecule has 0 unspecified atom stereocenters. The molecule has 116 valence electrons. The van der Waals surface area contributed by atoms with Crippen LogP contribution in [0.1, 0.15) is 18.6 Å². The van der Waals surface area contributed by atoms with Crippen LogP contribution in [0.2, 0.25) is 0 Å². The highest BCUT2D eigenvalue weighted by atomic mass is 16.5. The molecule has 0 bridgehead atoms. The van der Waals surface area contributed by atoms with Crippen LogP contribution in [-0.4, -0.2) is 55.9 Å². The van der Waals surface area contributed by atoms with E-state index in [-0.39, 0.29) is 18.1 Å². The van der Waals surface area contributed by atoms with Gasteiger partial charge in [-0.1, -0.05) is 0 Å². The summed E-state index contributed by atoms with van der Waals surface area (Å²) in [7, 11) is 1.62. The SMILES string of the molecule is COCCNC(=O)[C@@H]1C[C@@H]2[C@@H](CCN2Cc2ccco2)O1. The molecule has 3 rings (SSSR count). The summed E-state index contributed by atoms with van der Waals surface area (Å²) >= 11 is 0. The van der Waals surface area contributed by atoms with E-state index in [1.165, 1.54) is 0 Å². The molecule has 3 atom stereocenters. The number of carbonyl (C=O) groups is 1. The molecular weight excluding hydrogens is 272 g/mol. The highest BCUT2D eigenvalue weighted by Crippen LogP contribution is 2.33.